The molecule has 2 nitrogen and oxygen atoms in total. The molecule has 8 aromatic carbocycles. The number of para-hydroxylation sites is 3. The maximum absolute atomic E-state index is 14.0. The highest BCUT2D eigenvalue weighted by Gasteiger charge is 2.37. The molecule has 0 N–H and O–H groups in total. The Morgan fingerprint density at radius 2 is 0.787 bits per heavy atom. The molecule has 2 unspecified atom stereocenters. The lowest BCUT2D eigenvalue weighted by molar-refractivity contribution is -0.138. The van der Waals surface area contributed by atoms with Gasteiger partial charge in [-0.3, -0.25) is 0 Å². The lowest BCUT2D eigenvalue weighted by atomic mass is 9.74. The van der Waals surface area contributed by atoms with Gasteiger partial charge in [-0.2, -0.15) is 26.3 Å². The standard InChI is InChI=1S/C53H38F6N2/c1-35-21-34-47-48(36-22-26-38(27-23-36)52(54,55)56)45-19-11-12-20-46(45)49(37-24-28-39(29-25-37)53(57,58)59)50(47)51(35)61(42-17-9-4-10-18-42)44-32-30-43(31-33-44)60(40-13-5-2-6-14-40)41-15-7-3-8-16-41/h2-35,51H,1H3. The third-order valence-corrected chi connectivity index (χ3v) is 11.4. The summed E-state index contributed by atoms with van der Waals surface area (Å²) in [7, 11) is 0. The van der Waals surface area contributed by atoms with Crippen molar-refractivity contribution in [1.29, 1.82) is 0 Å². The highest BCUT2D eigenvalue weighted by Crippen LogP contribution is 2.53. The zero-order chi connectivity index (χ0) is 42.3. The van der Waals surface area contributed by atoms with Gasteiger partial charge in [-0.15, -0.1) is 0 Å². The third kappa shape index (κ3) is 7.54. The van der Waals surface area contributed by atoms with Gasteiger partial charge >= 0.3 is 12.4 Å². The largest absolute Gasteiger partial charge is 0.416 e. The molecule has 0 saturated heterocycles. The van der Waals surface area contributed by atoms with Crippen LogP contribution in [0, 0.1) is 5.92 Å². The second kappa shape index (κ2) is 15.8. The van der Waals surface area contributed by atoms with Crippen molar-refractivity contribution in [1.82, 2.24) is 0 Å². The van der Waals surface area contributed by atoms with Crippen LogP contribution in [0.5, 0.6) is 0 Å². The number of nitrogens with zero attached hydrogens (tertiary/aromatic N) is 2. The third-order valence-electron chi connectivity index (χ3n) is 11.4. The highest BCUT2D eigenvalue weighted by atomic mass is 19.4. The molecule has 8 aromatic rings. The van der Waals surface area contributed by atoms with Crippen LogP contribution < -0.4 is 9.80 Å². The first-order valence-electron chi connectivity index (χ1n) is 19.9. The highest BCUT2D eigenvalue weighted by molar-refractivity contribution is 6.10. The number of alkyl halides is 6. The second-order valence-electron chi connectivity index (χ2n) is 15.2. The topological polar surface area (TPSA) is 6.48 Å². The first kappa shape index (κ1) is 39.4. The maximum Gasteiger partial charge on any atom is 0.416 e. The van der Waals surface area contributed by atoms with Crippen LogP contribution in [0.15, 0.2) is 194 Å². The molecule has 0 amide bonds. The van der Waals surface area contributed by atoms with Crippen molar-refractivity contribution < 1.29 is 26.3 Å². The summed E-state index contributed by atoms with van der Waals surface area (Å²) in [6, 6.07) is 56.2. The molecule has 1 aliphatic carbocycles. The molecule has 302 valence electrons. The number of hydrogen-bond acceptors (Lipinski definition) is 2. The Labute approximate surface area is 350 Å². The first-order chi connectivity index (χ1) is 29.5. The molecule has 0 aliphatic heterocycles. The predicted octanol–water partition coefficient (Wildman–Crippen LogP) is 16.2. The van der Waals surface area contributed by atoms with E-state index >= 15 is 0 Å². The van der Waals surface area contributed by atoms with E-state index in [4.69, 9.17) is 0 Å². The summed E-state index contributed by atoms with van der Waals surface area (Å²) in [5.74, 6) is -0.146. The zero-order valence-electron chi connectivity index (χ0n) is 32.9. The van der Waals surface area contributed by atoms with Gasteiger partial charge in [0.2, 0.25) is 0 Å². The monoisotopic (exact) mass is 816 g/mol. The van der Waals surface area contributed by atoms with Gasteiger partial charge in [0.05, 0.1) is 17.2 Å². The average Bonchev–Trinajstić information content (AvgIpc) is 3.27. The molecule has 0 heterocycles. The summed E-state index contributed by atoms with van der Waals surface area (Å²) in [5.41, 5.74) is 7.49. The number of hydrogen-bond donors (Lipinski definition) is 0. The first-order valence-corrected chi connectivity index (χ1v) is 19.9. The molecule has 8 heteroatoms. The van der Waals surface area contributed by atoms with Crippen molar-refractivity contribution in [3.05, 3.63) is 216 Å². The van der Waals surface area contributed by atoms with Gasteiger partial charge in [0.25, 0.3) is 0 Å². The molecule has 61 heavy (non-hydrogen) atoms. The minimum atomic E-state index is -4.53. The Balaban J connectivity index is 1.30. The summed E-state index contributed by atoms with van der Waals surface area (Å²) in [6.45, 7) is 2.12. The van der Waals surface area contributed by atoms with Crippen LogP contribution in [0.4, 0.5) is 54.8 Å². The van der Waals surface area contributed by atoms with Crippen LogP contribution in [0.1, 0.15) is 35.2 Å². The van der Waals surface area contributed by atoms with Crippen molar-refractivity contribution in [2.24, 2.45) is 5.92 Å². The lowest BCUT2D eigenvalue weighted by Crippen LogP contribution is -2.31. The molecule has 0 aromatic heterocycles. The van der Waals surface area contributed by atoms with Crippen molar-refractivity contribution in [3.63, 3.8) is 0 Å². The predicted molar refractivity (Wildman–Crippen MR) is 235 cm³/mol. The SMILES string of the molecule is CC1C=Cc2c(c(-c3ccc(C(F)(F)F)cc3)c3ccccc3c2-c2ccc(C(F)(F)F)cc2)C1N(c1ccccc1)c1ccc(N(c2ccccc2)c2ccccc2)cc1. The van der Waals surface area contributed by atoms with Crippen LogP contribution in [0.25, 0.3) is 39.1 Å². The van der Waals surface area contributed by atoms with Crippen LogP contribution in [-0.2, 0) is 12.4 Å². The minimum Gasteiger partial charge on any atom is -0.333 e. The fourth-order valence-corrected chi connectivity index (χ4v) is 8.64. The molecule has 2 atom stereocenters. The molecule has 0 saturated carbocycles. The van der Waals surface area contributed by atoms with Gasteiger partial charge in [-0.05, 0) is 135 Å². The van der Waals surface area contributed by atoms with Crippen molar-refractivity contribution in [2.75, 3.05) is 9.80 Å². The molecule has 9 rings (SSSR count). The van der Waals surface area contributed by atoms with E-state index < -0.39 is 29.5 Å². The fourth-order valence-electron chi connectivity index (χ4n) is 8.64. The van der Waals surface area contributed by atoms with Crippen molar-refractivity contribution >= 4 is 45.3 Å². The van der Waals surface area contributed by atoms with Crippen LogP contribution in [0.3, 0.4) is 0 Å². The Bertz CT molecular complexity index is 2780. The summed E-state index contributed by atoms with van der Waals surface area (Å²) >= 11 is 0. The molecular weight excluding hydrogens is 779 g/mol. The number of anilines is 5. The maximum atomic E-state index is 14.0. The number of rotatable bonds is 8. The normalized spacial score (nSPS) is 15.1. The Morgan fingerprint density at radius 1 is 0.410 bits per heavy atom. The van der Waals surface area contributed by atoms with E-state index in [9.17, 15) is 26.3 Å². The fraction of sp³-hybridized carbons (Fsp3) is 0.0943. The van der Waals surface area contributed by atoms with E-state index in [2.05, 4.69) is 71.3 Å². The van der Waals surface area contributed by atoms with Crippen LogP contribution >= 0.6 is 0 Å². The minimum absolute atomic E-state index is 0.146. The number of benzene rings is 8. The summed E-state index contributed by atoms with van der Waals surface area (Å²) in [4.78, 5) is 4.45. The van der Waals surface area contributed by atoms with Gasteiger partial charge in [0.1, 0.15) is 0 Å². The number of fused-ring (bicyclic) bond motifs is 2. The molecule has 0 bridgehead atoms. The lowest BCUT2D eigenvalue weighted by Gasteiger charge is -2.42. The summed E-state index contributed by atoms with van der Waals surface area (Å²) < 4.78 is 83.4. The van der Waals surface area contributed by atoms with E-state index in [0.717, 1.165) is 85.7 Å². The average molecular weight is 817 g/mol. The van der Waals surface area contributed by atoms with Gasteiger partial charge in [0, 0.05) is 28.4 Å². The van der Waals surface area contributed by atoms with Crippen LogP contribution in [0.2, 0.25) is 0 Å². The zero-order valence-corrected chi connectivity index (χ0v) is 32.9. The van der Waals surface area contributed by atoms with Gasteiger partial charge in [-0.25, -0.2) is 0 Å². The number of halogens is 6. The van der Waals surface area contributed by atoms with E-state index in [-0.39, 0.29) is 5.92 Å². The quantitative estimate of drug-likeness (QED) is 0.141. The molecule has 0 fully saturated rings. The van der Waals surface area contributed by atoms with Gasteiger partial charge < -0.3 is 9.80 Å². The van der Waals surface area contributed by atoms with E-state index in [1.165, 1.54) is 24.3 Å². The van der Waals surface area contributed by atoms with Crippen LogP contribution in [-0.4, -0.2) is 0 Å². The summed E-state index contributed by atoms with van der Waals surface area (Å²) in [5, 5.41) is 1.54. The second-order valence-corrected chi connectivity index (χ2v) is 15.2. The Kier molecular flexibility index (Phi) is 10.2. The van der Waals surface area contributed by atoms with E-state index in [1.807, 2.05) is 97.1 Å². The Hall–Kier alpha value is -7.06. The molecule has 0 radical (unpaired) electrons. The molecule has 1 aliphatic rings. The smallest absolute Gasteiger partial charge is 0.333 e. The molecule has 0 spiro atoms. The Morgan fingerprint density at radius 3 is 1.26 bits per heavy atom. The summed E-state index contributed by atoms with van der Waals surface area (Å²) in [6.07, 6.45) is -4.91. The van der Waals surface area contributed by atoms with E-state index in [0.29, 0.717) is 11.1 Å². The van der Waals surface area contributed by atoms with Gasteiger partial charge in [-0.1, -0.05) is 122 Å². The van der Waals surface area contributed by atoms with Crippen molar-refractivity contribution in [2.45, 2.75) is 25.3 Å². The van der Waals surface area contributed by atoms with E-state index in [1.54, 1.807) is 0 Å². The molecular formula is C53H38F6N2. The van der Waals surface area contributed by atoms with Gasteiger partial charge in [0.15, 0.2) is 0 Å². The van der Waals surface area contributed by atoms with Crippen molar-refractivity contribution in [3.8, 4) is 22.3 Å².